The number of hydrogen-bond donors (Lipinski definition) is 0. The predicted molar refractivity (Wildman–Crippen MR) is 99.9 cm³/mol. The van der Waals surface area contributed by atoms with Crippen LogP contribution in [0.15, 0.2) is 51.4 Å². The van der Waals surface area contributed by atoms with Crippen molar-refractivity contribution in [1.82, 2.24) is 9.88 Å². The van der Waals surface area contributed by atoms with Crippen LogP contribution in [0.1, 0.15) is 0 Å². The Bertz CT molecular complexity index is 842. The molecule has 0 aliphatic carbocycles. The first-order valence-electron chi connectivity index (χ1n) is 8.37. The summed E-state index contributed by atoms with van der Waals surface area (Å²) in [6.07, 6.45) is 0. The first kappa shape index (κ1) is 16.6. The van der Waals surface area contributed by atoms with E-state index < -0.39 is 0 Å². The van der Waals surface area contributed by atoms with Gasteiger partial charge in [-0.2, -0.15) is 0 Å². The number of halogens is 1. The summed E-state index contributed by atoms with van der Waals surface area (Å²) in [5.74, 6) is 1.48. The number of fused-ring (bicyclic) bond motifs is 1. The van der Waals surface area contributed by atoms with E-state index in [2.05, 4.69) is 25.8 Å². The van der Waals surface area contributed by atoms with E-state index in [1.165, 1.54) is 0 Å². The normalized spacial score (nSPS) is 15.6. The van der Waals surface area contributed by atoms with Crippen LogP contribution < -0.4 is 4.74 Å². The molecule has 0 bridgehead atoms. The molecule has 3 aromatic rings. The van der Waals surface area contributed by atoms with Gasteiger partial charge in [-0.15, -0.1) is 0 Å². The Morgan fingerprint density at radius 3 is 2.68 bits per heavy atom. The van der Waals surface area contributed by atoms with E-state index in [-0.39, 0.29) is 0 Å². The summed E-state index contributed by atoms with van der Waals surface area (Å²) < 4.78 is 18.0. The van der Waals surface area contributed by atoms with Gasteiger partial charge in [0.05, 0.1) is 13.2 Å². The van der Waals surface area contributed by atoms with E-state index >= 15 is 0 Å². The molecule has 0 unspecified atom stereocenters. The summed E-state index contributed by atoms with van der Waals surface area (Å²) in [4.78, 5) is 6.89. The van der Waals surface area contributed by atoms with Gasteiger partial charge in [0.15, 0.2) is 5.58 Å². The molecule has 0 atom stereocenters. The third-order valence-corrected chi connectivity index (χ3v) is 4.72. The van der Waals surface area contributed by atoms with Crippen LogP contribution >= 0.6 is 15.9 Å². The molecule has 0 amide bonds. The summed E-state index contributed by atoms with van der Waals surface area (Å²) in [5.41, 5.74) is 2.56. The Hall–Kier alpha value is -1.89. The molecule has 0 spiro atoms. The molecule has 6 heteroatoms. The van der Waals surface area contributed by atoms with E-state index in [4.69, 9.17) is 13.9 Å². The standard InChI is InChI=1S/C19H19BrN2O3/c20-15-3-6-17-18(13-15)25-19(21-17)14-1-4-16(5-2-14)24-12-9-22-7-10-23-11-8-22/h1-6,13H,7-12H2. The number of oxazole rings is 1. The highest BCUT2D eigenvalue weighted by Gasteiger charge is 2.11. The van der Waals surface area contributed by atoms with Gasteiger partial charge in [0, 0.05) is 29.7 Å². The minimum atomic E-state index is 0.618. The number of benzene rings is 2. The molecule has 1 fully saturated rings. The predicted octanol–water partition coefficient (Wildman–Crippen LogP) is 3.97. The molecule has 1 aliphatic heterocycles. The van der Waals surface area contributed by atoms with Crippen molar-refractivity contribution in [2.24, 2.45) is 0 Å². The molecule has 0 saturated carbocycles. The van der Waals surface area contributed by atoms with Gasteiger partial charge in [-0.25, -0.2) is 4.98 Å². The number of morpholine rings is 1. The van der Waals surface area contributed by atoms with Gasteiger partial charge in [-0.05, 0) is 42.5 Å². The van der Waals surface area contributed by atoms with Crippen molar-refractivity contribution in [3.8, 4) is 17.2 Å². The summed E-state index contributed by atoms with van der Waals surface area (Å²) in [7, 11) is 0. The summed E-state index contributed by atoms with van der Waals surface area (Å²) in [5, 5.41) is 0. The van der Waals surface area contributed by atoms with Crippen LogP contribution in [0.3, 0.4) is 0 Å². The Balaban J connectivity index is 1.38. The van der Waals surface area contributed by atoms with E-state index in [9.17, 15) is 0 Å². The molecule has 25 heavy (non-hydrogen) atoms. The molecular formula is C19H19BrN2O3. The van der Waals surface area contributed by atoms with Crippen molar-refractivity contribution in [2.75, 3.05) is 39.5 Å². The average Bonchev–Trinajstić information content (AvgIpc) is 3.06. The van der Waals surface area contributed by atoms with Crippen LogP contribution in [0.2, 0.25) is 0 Å². The molecule has 130 valence electrons. The minimum Gasteiger partial charge on any atom is -0.492 e. The zero-order valence-electron chi connectivity index (χ0n) is 13.8. The highest BCUT2D eigenvalue weighted by Crippen LogP contribution is 2.27. The van der Waals surface area contributed by atoms with Crippen molar-refractivity contribution in [3.63, 3.8) is 0 Å². The van der Waals surface area contributed by atoms with Gasteiger partial charge in [0.2, 0.25) is 5.89 Å². The Labute approximate surface area is 154 Å². The molecule has 1 aromatic heterocycles. The van der Waals surface area contributed by atoms with Gasteiger partial charge >= 0.3 is 0 Å². The van der Waals surface area contributed by atoms with Gasteiger partial charge in [-0.1, -0.05) is 15.9 Å². The smallest absolute Gasteiger partial charge is 0.227 e. The van der Waals surface area contributed by atoms with Crippen molar-refractivity contribution >= 4 is 27.0 Å². The number of hydrogen-bond acceptors (Lipinski definition) is 5. The monoisotopic (exact) mass is 402 g/mol. The summed E-state index contributed by atoms with van der Waals surface area (Å²) in [6.45, 7) is 5.19. The minimum absolute atomic E-state index is 0.618. The maximum absolute atomic E-state index is 5.83. The highest BCUT2D eigenvalue weighted by atomic mass is 79.9. The third-order valence-electron chi connectivity index (χ3n) is 4.23. The number of ether oxygens (including phenoxy) is 2. The summed E-state index contributed by atoms with van der Waals surface area (Å²) in [6, 6.07) is 13.7. The maximum Gasteiger partial charge on any atom is 0.227 e. The van der Waals surface area contributed by atoms with E-state index in [1.54, 1.807) is 0 Å². The van der Waals surface area contributed by atoms with Crippen molar-refractivity contribution < 1.29 is 13.9 Å². The summed E-state index contributed by atoms with van der Waals surface area (Å²) >= 11 is 3.45. The van der Waals surface area contributed by atoms with Crippen LogP contribution in [-0.4, -0.2) is 49.3 Å². The fraction of sp³-hybridized carbons (Fsp3) is 0.316. The molecule has 2 heterocycles. The van der Waals surface area contributed by atoms with Crippen molar-refractivity contribution in [2.45, 2.75) is 0 Å². The molecule has 0 radical (unpaired) electrons. The zero-order valence-corrected chi connectivity index (χ0v) is 15.4. The first-order chi connectivity index (χ1) is 12.3. The van der Waals surface area contributed by atoms with Gasteiger partial charge in [0.1, 0.15) is 17.9 Å². The fourth-order valence-corrected chi connectivity index (χ4v) is 3.17. The van der Waals surface area contributed by atoms with Gasteiger partial charge < -0.3 is 13.9 Å². The lowest BCUT2D eigenvalue weighted by molar-refractivity contribution is 0.0322. The van der Waals surface area contributed by atoms with Gasteiger partial charge in [0.25, 0.3) is 0 Å². The molecular weight excluding hydrogens is 384 g/mol. The van der Waals surface area contributed by atoms with Gasteiger partial charge in [-0.3, -0.25) is 4.90 Å². The van der Waals surface area contributed by atoms with Crippen LogP contribution in [-0.2, 0) is 4.74 Å². The van der Waals surface area contributed by atoms with E-state index in [1.807, 2.05) is 42.5 Å². The zero-order chi connectivity index (χ0) is 17.1. The SMILES string of the molecule is Brc1ccc2nc(-c3ccc(OCCN4CCOCC4)cc3)oc2c1. The average molecular weight is 403 g/mol. The third kappa shape index (κ3) is 4.03. The molecule has 5 nitrogen and oxygen atoms in total. The van der Waals surface area contributed by atoms with Crippen LogP contribution in [0.4, 0.5) is 0 Å². The van der Waals surface area contributed by atoms with Crippen LogP contribution in [0.25, 0.3) is 22.6 Å². The molecule has 4 rings (SSSR count). The number of nitrogens with zero attached hydrogens (tertiary/aromatic N) is 2. The van der Waals surface area contributed by atoms with E-state index in [0.29, 0.717) is 12.5 Å². The Morgan fingerprint density at radius 2 is 1.88 bits per heavy atom. The lowest BCUT2D eigenvalue weighted by Crippen LogP contribution is -2.38. The quantitative estimate of drug-likeness (QED) is 0.645. The lowest BCUT2D eigenvalue weighted by Gasteiger charge is -2.26. The first-order valence-corrected chi connectivity index (χ1v) is 9.17. The second kappa shape index (κ2) is 7.56. The second-order valence-corrected chi connectivity index (χ2v) is 6.87. The molecule has 1 saturated heterocycles. The van der Waals surface area contributed by atoms with Crippen molar-refractivity contribution in [3.05, 3.63) is 46.9 Å². The largest absolute Gasteiger partial charge is 0.492 e. The highest BCUT2D eigenvalue weighted by molar-refractivity contribution is 9.10. The molecule has 2 aromatic carbocycles. The Kier molecular flexibility index (Phi) is 5.01. The second-order valence-electron chi connectivity index (χ2n) is 5.96. The van der Waals surface area contributed by atoms with Crippen LogP contribution in [0, 0.1) is 0 Å². The lowest BCUT2D eigenvalue weighted by atomic mass is 10.2. The number of aromatic nitrogens is 1. The molecule has 1 aliphatic rings. The van der Waals surface area contributed by atoms with Crippen LogP contribution in [0.5, 0.6) is 5.75 Å². The molecule has 0 N–H and O–H groups in total. The van der Waals surface area contributed by atoms with Crippen molar-refractivity contribution in [1.29, 1.82) is 0 Å². The maximum atomic E-state index is 5.83. The topological polar surface area (TPSA) is 47.7 Å². The Morgan fingerprint density at radius 1 is 1.08 bits per heavy atom. The number of rotatable bonds is 5. The fourth-order valence-electron chi connectivity index (χ4n) is 2.83. The van der Waals surface area contributed by atoms with E-state index in [0.717, 1.165) is 59.7 Å².